The van der Waals surface area contributed by atoms with Gasteiger partial charge < -0.3 is 9.30 Å². The number of aryl methyl sites for hydroxylation is 1. The van der Waals surface area contributed by atoms with E-state index >= 15 is 0 Å². The van der Waals surface area contributed by atoms with Crippen LogP contribution in [0.2, 0.25) is 5.02 Å². The Balaban J connectivity index is 1.61. The van der Waals surface area contributed by atoms with E-state index in [-0.39, 0.29) is 0 Å². The second kappa shape index (κ2) is 7.73. The summed E-state index contributed by atoms with van der Waals surface area (Å²) in [6.07, 6.45) is 0. The lowest BCUT2D eigenvalue weighted by atomic mass is 10.2. The van der Waals surface area contributed by atoms with E-state index < -0.39 is 0 Å². The van der Waals surface area contributed by atoms with Gasteiger partial charge in [0.25, 0.3) is 0 Å². The van der Waals surface area contributed by atoms with Gasteiger partial charge in [0.05, 0.1) is 11.6 Å². The normalized spacial score (nSPS) is 10.8. The average molecular weight is 360 g/mol. The molecule has 24 heavy (non-hydrogen) atoms. The molecule has 0 aliphatic carbocycles. The Morgan fingerprint density at radius 3 is 2.62 bits per heavy atom. The van der Waals surface area contributed by atoms with Crippen molar-refractivity contribution in [3.05, 3.63) is 59.1 Å². The molecular formula is C18H18ClN3OS. The molecule has 6 heteroatoms. The van der Waals surface area contributed by atoms with Crippen molar-refractivity contribution in [2.45, 2.75) is 12.1 Å². The first-order chi connectivity index (χ1) is 11.7. The molecule has 0 bridgehead atoms. The number of hydrogen-bond acceptors (Lipinski definition) is 4. The van der Waals surface area contributed by atoms with Crippen LogP contribution < -0.4 is 4.74 Å². The summed E-state index contributed by atoms with van der Waals surface area (Å²) in [5, 5.41) is 10.0. The summed E-state index contributed by atoms with van der Waals surface area (Å²) >= 11 is 7.86. The van der Waals surface area contributed by atoms with Gasteiger partial charge in [0, 0.05) is 18.4 Å². The molecule has 0 aliphatic heterocycles. The van der Waals surface area contributed by atoms with Gasteiger partial charge in [0.1, 0.15) is 5.75 Å². The molecule has 0 saturated heterocycles. The van der Waals surface area contributed by atoms with E-state index in [0.29, 0.717) is 11.6 Å². The van der Waals surface area contributed by atoms with Crippen molar-refractivity contribution in [3.63, 3.8) is 0 Å². The molecule has 0 amide bonds. The van der Waals surface area contributed by atoms with Gasteiger partial charge >= 0.3 is 0 Å². The number of para-hydroxylation sites is 1. The first-order valence-corrected chi connectivity index (χ1v) is 8.98. The first-order valence-electron chi connectivity index (χ1n) is 7.62. The highest BCUT2D eigenvalue weighted by atomic mass is 35.5. The lowest BCUT2D eigenvalue weighted by Crippen LogP contribution is -2.03. The van der Waals surface area contributed by atoms with Crippen LogP contribution in [0.5, 0.6) is 5.75 Å². The maximum Gasteiger partial charge on any atom is 0.191 e. The molecule has 0 unspecified atom stereocenters. The van der Waals surface area contributed by atoms with Crippen molar-refractivity contribution in [2.24, 2.45) is 7.05 Å². The third-order valence-electron chi connectivity index (χ3n) is 3.62. The third-order valence-corrected chi connectivity index (χ3v) is 4.93. The van der Waals surface area contributed by atoms with Crippen molar-refractivity contribution in [1.82, 2.24) is 14.8 Å². The van der Waals surface area contributed by atoms with Gasteiger partial charge in [-0.15, -0.1) is 10.2 Å². The molecule has 0 aliphatic rings. The summed E-state index contributed by atoms with van der Waals surface area (Å²) in [6, 6.07) is 15.7. The van der Waals surface area contributed by atoms with Crippen LogP contribution in [0.15, 0.2) is 53.7 Å². The van der Waals surface area contributed by atoms with Crippen molar-refractivity contribution >= 4 is 23.4 Å². The number of aromatic nitrogens is 3. The second-order valence-corrected chi connectivity index (χ2v) is 6.78. The number of benzene rings is 2. The van der Waals surface area contributed by atoms with Gasteiger partial charge in [-0.25, -0.2) is 0 Å². The van der Waals surface area contributed by atoms with Crippen LogP contribution in [0.4, 0.5) is 0 Å². The third kappa shape index (κ3) is 3.74. The largest absolute Gasteiger partial charge is 0.492 e. The molecule has 0 fully saturated rings. The van der Waals surface area contributed by atoms with E-state index in [1.807, 2.05) is 67.1 Å². The highest BCUT2D eigenvalue weighted by molar-refractivity contribution is 7.99. The molecule has 4 nitrogen and oxygen atoms in total. The van der Waals surface area contributed by atoms with E-state index in [2.05, 4.69) is 10.2 Å². The monoisotopic (exact) mass is 359 g/mol. The Bertz CT molecular complexity index is 835. The predicted octanol–water partition coefficient (Wildman–Crippen LogP) is 4.62. The number of nitrogens with zero attached hydrogens (tertiary/aromatic N) is 3. The molecule has 2 aromatic carbocycles. The van der Waals surface area contributed by atoms with Crippen molar-refractivity contribution in [1.29, 1.82) is 0 Å². The number of ether oxygens (including phenoxy) is 1. The van der Waals surface area contributed by atoms with Crippen LogP contribution in [0.25, 0.3) is 11.4 Å². The summed E-state index contributed by atoms with van der Waals surface area (Å²) in [5.74, 6) is 2.48. The SMILES string of the molecule is Cc1ccccc1OCCSc1nnc(-c2ccccc2Cl)n1C. The van der Waals surface area contributed by atoms with Gasteiger partial charge in [0.15, 0.2) is 11.0 Å². The van der Waals surface area contributed by atoms with Crippen LogP contribution in [0.3, 0.4) is 0 Å². The van der Waals surface area contributed by atoms with E-state index in [4.69, 9.17) is 16.3 Å². The van der Waals surface area contributed by atoms with E-state index in [1.54, 1.807) is 11.8 Å². The van der Waals surface area contributed by atoms with Gasteiger partial charge in [0.2, 0.25) is 0 Å². The summed E-state index contributed by atoms with van der Waals surface area (Å²) in [6.45, 7) is 2.66. The fourth-order valence-electron chi connectivity index (χ4n) is 2.32. The zero-order chi connectivity index (χ0) is 16.9. The Morgan fingerprint density at radius 1 is 1.08 bits per heavy atom. The maximum atomic E-state index is 6.24. The van der Waals surface area contributed by atoms with Crippen LogP contribution in [-0.2, 0) is 7.05 Å². The highest BCUT2D eigenvalue weighted by Gasteiger charge is 2.13. The molecule has 0 spiro atoms. The van der Waals surface area contributed by atoms with Crippen LogP contribution >= 0.6 is 23.4 Å². The lowest BCUT2D eigenvalue weighted by Gasteiger charge is -2.08. The van der Waals surface area contributed by atoms with Gasteiger partial charge in [-0.2, -0.15) is 0 Å². The van der Waals surface area contributed by atoms with Crippen molar-refractivity contribution < 1.29 is 4.74 Å². The van der Waals surface area contributed by atoms with Crippen molar-refractivity contribution in [2.75, 3.05) is 12.4 Å². The minimum atomic E-state index is 0.615. The predicted molar refractivity (Wildman–Crippen MR) is 98.8 cm³/mol. The average Bonchev–Trinajstić information content (AvgIpc) is 2.94. The molecule has 0 N–H and O–H groups in total. The van der Waals surface area contributed by atoms with Gasteiger partial charge in [-0.3, -0.25) is 0 Å². The van der Waals surface area contributed by atoms with Crippen molar-refractivity contribution in [3.8, 4) is 17.1 Å². The number of thioether (sulfide) groups is 1. The Morgan fingerprint density at radius 2 is 1.83 bits per heavy atom. The molecule has 1 heterocycles. The summed E-state index contributed by atoms with van der Waals surface area (Å²) in [5.41, 5.74) is 2.03. The molecule has 1 aromatic heterocycles. The molecule has 3 aromatic rings. The smallest absolute Gasteiger partial charge is 0.191 e. The summed E-state index contributed by atoms with van der Waals surface area (Å²) in [7, 11) is 1.95. The number of hydrogen-bond donors (Lipinski definition) is 0. The minimum absolute atomic E-state index is 0.615. The van der Waals surface area contributed by atoms with Crippen LogP contribution in [0, 0.1) is 6.92 Å². The standard InChI is InChI=1S/C18H18ClN3OS/c1-13-7-3-6-10-16(13)23-11-12-24-18-21-20-17(22(18)2)14-8-4-5-9-15(14)19/h3-10H,11-12H2,1-2H3. The zero-order valence-electron chi connectivity index (χ0n) is 13.6. The second-order valence-electron chi connectivity index (χ2n) is 5.31. The Labute approximate surface area is 150 Å². The van der Waals surface area contributed by atoms with E-state index in [1.165, 1.54) is 0 Å². The quantitative estimate of drug-likeness (QED) is 0.475. The molecule has 0 atom stereocenters. The summed E-state index contributed by atoms with van der Waals surface area (Å²) in [4.78, 5) is 0. The molecule has 124 valence electrons. The Kier molecular flexibility index (Phi) is 5.43. The first kappa shape index (κ1) is 16.9. The van der Waals surface area contributed by atoms with Crippen LogP contribution in [0.1, 0.15) is 5.56 Å². The van der Waals surface area contributed by atoms with E-state index in [9.17, 15) is 0 Å². The van der Waals surface area contributed by atoms with Gasteiger partial charge in [-0.05, 0) is 30.7 Å². The zero-order valence-corrected chi connectivity index (χ0v) is 15.1. The molecule has 3 rings (SSSR count). The lowest BCUT2D eigenvalue weighted by molar-refractivity contribution is 0.341. The number of halogens is 1. The Hall–Kier alpha value is -1.98. The van der Waals surface area contributed by atoms with E-state index in [0.717, 1.165) is 33.6 Å². The highest BCUT2D eigenvalue weighted by Crippen LogP contribution is 2.28. The molecule has 0 saturated carbocycles. The minimum Gasteiger partial charge on any atom is -0.492 e. The molecular weight excluding hydrogens is 342 g/mol. The maximum absolute atomic E-state index is 6.24. The topological polar surface area (TPSA) is 39.9 Å². The fourth-order valence-corrected chi connectivity index (χ4v) is 3.27. The number of rotatable bonds is 6. The molecule has 0 radical (unpaired) electrons. The summed E-state index contributed by atoms with van der Waals surface area (Å²) < 4.78 is 7.77. The van der Waals surface area contributed by atoms with Gasteiger partial charge in [-0.1, -0.05) is 53.7 Å². The fraction of sp³-hybridized carbons (Fsp3) is 0.222. The van der Waals surface area contributed by atoms with Crippen LogP contribution in [-0.4, -0.2) is 27.1 Å².